The Bertz CT molecular complexity index is 1520. The maximum Gasteiger partial charge on any atom is 0.261 e. The second kappa shape index (κ2) is 13.5. The van der Waals surface area contributed by atoms with E-state index in [1.165, 1.54) is 25.3 Å². The van der Waals surface area contributed by atoms with Gasteiger partial charge in [0.15, 0.2) is 0 Å². The number of ether oxygens (including phenoxy) is 2. The fourth-order valence-corrected chi connectivity index (χ4v) is 6.16. The SMILES string of the molecule is COc1ccc(S(=O)(=O)Nc2ccc3c(c2)C(=O)N([C@@H](C)CO)C[C@@H](C)[C@H](CN(C)Cc2ccc(Cl)c(Cl)c2)O3)cc1. The van der Waals surface area contributed by atoms with Crippen molar-refractivity contribution in [1.82, 2.24) is 9.80 Å². The van der Waals surface area contributed by atoms with E-state index in [0.717, 1.165) is 5.56 Å². The summed E-state index contributed by atoms with van der Waals surface area (Å²) in [6.07, 6.45) is -0.320. The summed E-state index contributed by atoms with van der Waals surface area (Å²) in [5.74, 6) is 0.427. The maximum absolute atomic E-state index is 13.7. The summed E-state index contributed by atoms with van der Waals surface area (Å²) in [4.78, 5) is 17.5. The summed E-state index contributed by atoms with van der Waals surface area (Å²) in [6, 6.07) is 15.7. The second-order valence-corrected chi connectivity index (χ2v) is 13.1. The molecule has 42 heavy (non-hydrogen) atoms. The number of hydrogen-bond acceptors (Lipinski definition) is 7. The molecule has 9 nitrogen and oxygen atoms in total. The summed E-state index contributed by atoms with van der Waals surface area (Å²) in [6.45, 7) is 5.02. The summed E-state index contributed by atoms with van der Waals surface area (Å²) >= 11 is 12.3. The normalized spacial score (nSPS) is 18.1. The lowest BCUT2D eigenvalue weighted by Gasteiger charge is -2.38. The number of benzene rings is 3. The van der Waals surface area contributed by atoms with Gasteiger partial charge in [-0.2, -0.15) is 0 Å². The molecule has 226 valence electrons. The van der Waals surface area contributed by atoms with Crippen LogP contribution < -0.4 is 14.2 Å². The fourth-order valence-electron chi connectivity index (χ4n) is 4.79. The van der Waals surface area contributed by atoms with Crippen LogP contribution >= 0.6 is 23.2 Å². The molecule has 4 rings (SSSR count). The lowest BCUT2D eigenvalue weighted by molar-refractivity contribution is 0.0341. The summed E-state index contributed by atoms with van der Waals surface area (Å²) < 4.78 is 40.2. The van der Waals surface area contributed by atoms with Crippen LogP contribution in [0.1, 0.15) is 29.8 Å². The third kappa shape index (κ3) is 7.48. The summed E-state index contributed by atoms with van der Waals surface area (Å²) in [7, 11) is -0.474. The van der Waals surface area contributed by atoms with Gasteiger partial charge in [-0.3, -0.25) is 14.4 Å². The van der Waals surface area contributed by atoms with Crippen molar-refractivity contribution >= 4 is 44.8 Å². The molecule has 3 aromatic carbocycles. The van der Waals surface area contributed by atoms with Crippen LogP contribution in [0.25, 0.3) is 0 Å². The van der Waals surface area contributed by atoms with Gasteiger partial charge in [-0.05, 0) is 74.1 Å². The molecule has 0 saturated carbocycles. The molecule has 3 aromatic rings. The Morgan fingerprint density at radius 3 is 2.48 bits per heavy atom. The molecule has 0 saturated heterocycles. The number of aliphatic hydroxyl groups excluding tert-OH is 1. The Hall–Kier alpha value is -3.02. The Kier molecular flexibility index (Phi) is 10.3. The van der Waals surface area contributed by atoms with Gasteiger partial charge in [0.25, 0.3) is 15.9 Å². The van der Waals surface area contributed by atoms with Gasteiger partial charge in [-0.15, -0.1) is 0 Å². The standard InChI is InChI=1S/C30H35Cl2N3O6S/c1-19-15-35(20(2)18-36)30(37)25-14-22(33-42(38,39)24-9-7-23(40-4)8-10-24)6-12-28(25)41-29(19)17-34(3)16-21-5-11-26(31)27(32)13-21/h5-14,19-20,29,33,36H,15-18H2,1-4H3/t19-,20+,29+/m1/s1. The first-order valence-corrected chi connectivity index (χ1v) is 15.7. The molecular formula is C30H35Cl2N3O6S. The number of carbonyl (C=O) groups is 1. The quantitative estimate of drug-likeness (QED) is 0.317. The summed E-state index contributed by atoms with van der Waals surface area (Å²) in [5.41, 5.74) is 1.40. The Morgan fingerprint density at radius 1 is 1.12 bits per heavy atom. The van der Waals surface area contributed by atoms with Crippen molar-refractivity contribution in [2.45, 2.75) is 37.4 Å². The van der Waals surface area contributed by atoms with Crippen LogP contribution in [0, 0.1) is 5.92 Å². The molecule has 0 radical (unpaired) electrons. The topological polar surface area (TPSA) is 108 Å². The van der Waals surface area contributed by atoms with Crippen LogP contribution in [0.5, 0.6) is 11.5 Å². The zero-order valence-corrected chi connectivity index (χ0v) is 26.2. The van der Waals surface area contributed by atoms with E-state index in [4.69, 9.17) is 32.7 Å². The highest BCUT2D eigenvalue weighted by Gasteiger charge is 2.34. The number of likely N-dealkylation sites (N-methyl/N-ethyl adjacent to an activating group) is 1. The minimum atomic E-state index is -3.94. The third-order valence-corrected chi connectivity index (χ3v) is 9.35. The molecule has 0 aliphatic carbocycles. The second-order valence-electron chi connectivity index (χ2n) is 10.6. The number of nitrogens with zero attached hydrogens (tertiary/aromatic N) is 2. The van der Waals surface area contributed by atoms with Crippen LogP contribution in [0.4, 0.5) is 5.69 Å². The predicted molar refractivity (Wildman–Crippen MR) is 164 cm³/mol. The van der Waals surface area contributed by atoms with Crippen LogP contribution in [0.15, 0.2) is 65.6 Å². The lowest BCUT2D eigenvalue weighted by Crippen LogP contribution is -2.49. The molecule has 1 heterocycles. The van der Waals surface area contributed by atoms with Gasteiger partial charge in [-0.25, -0.2) is 8.42 Å². The number of aliphatic hydroxyl groups is 1. The van der Waals surface area contributed by atoms with Crippen molar-refractivity contribution in [1.29, 1.82) is 0 Å². The monoisotopic (exact) mass is 635 g/mol. The van der Waals surface area contributed by atoms with Crippen LogP contribution in [0.2, 0.25) is 10.0 Å². The molecule has 12 heteroatoms. The predicted octanol–water partition coefficient (Wildman–Crippen LogP) is 5.15. The number of methoxy groups -OCH3 is 1. The van der Waals surface area contributed by atoms with Crippen molar-refractivity contribution in [3.05, 3.63) is 81.8 Å². The molecule has 3 atom stereocenters. The Labute approximate surface area is 257 Å². The number of rotatable bonds is 10. The van der Waals surface area contributed by atoms with E-state index in [1.54, 1.807) is 42.2 Å². The average molecular weight is 637 g/mol. The van der Waals surface area contributed by atoms with Crippen LogP contribution in [-0.4, -0.2) is 75.2 Å². The number of nitrogens with one attached hydrogen (secondary N) is 1. The van der Waals surface area contributed by atoms with Gasteiger partial charge in [0.1, 0.15) is 17.6 Å². The first-order chi connectivity index (χ1) is 19.9. The molecule has 0 bridgehead atoms. The maximum atomic E-state index is 13.7. The average Bonchev–Trinajstić information content (AvgIpc) is 2.96. The van der Waals surface area contributed by atoms with E-state index in [0.29, 0.717) is 41.2 Å². The number of amides is 1. The first-order valence-electron chi connectivity index (χ1n) is 13.4. The smallest absolute Gasteiger partial charge is 0.261 e. The number of sulfonamides is 1. The fraction of sp³-hybridized carbons (Fsp3) is 0.367. The number of anilines is 1. The number of halogens is 2. The highest BCUT2D eigenvalue weighted by molar-refractivity contribution is 7.92. The van der Waals surface area contributed by atoms with E-state index in [2.05, 4.69) is 9.62 Å². The molecule has 0 aromatic heterocycles. The molecule has 1 amide bonds. The van der Waals surface area contributed by atoms with E-state index >= 15 is 0 Å². The molecule has 0 unspecified atom stereocenters. The van der Waals surface area contributed by atoms with Crippen LogP contribution in [-0.2, 0) is 16.6 Å². The van der Waals surface area contributed by atoms with Gasteiger partial charge in [-0.1, -0.05) is 36.2 Å². The van der Waals surface area contributed by atoms with E-state index in [9.17, 15) is 18.3 Å². The van der Waals surface area contributed by atoms with Gasteiger partial charge in [0, 0.05) is 31.2 Å². The highest BCUT2D eigenvalue weighted by atomic mass is 35.5. The third-order valence-electron chi connectivity index (χ3n) is 7.21. The number of hydrogen-bond donors (Lipinski definition) is 2. The largest absolute Gasteiger partial charge is 0.497 e. The van der Waals surface area contributed by atoms with Gasteiger partial charge in [0.2, 0.25) is 0 Å². The van der Waals surface area contributed by atoms with Crippen molar-refractivity contribution in [2.24, 2.45) is 5.92 Å². The zero-order chi connectivity index (χ0) is 30.6. The summed E-state index contributed by atoms with van der Waals surface area (Å²) in [5, 5.41) is 10.9. The lowest BCUT2D eigenvalue weighted by atomic mass is 9.99. The minimum Gasteiger partial charge on any atom is -0.497 e. The molecule has 1 aliphatic heterocycles. The van der Waals surface area contributed by atoms with E-state index < -0.39 is 16.1 Å². The number of carbonyl (C=O) groups excluding carboxylic acids is 1. The van der Waals surface area contributed by atoms with Crippen molar-refractivity contribution in [3.63, 3.8) is 0 Å². The van der Waals surface area contributed by atoms with Crippen molar-refractivity contribution < 1.29 is 27.8 Å². The zero-order valence-electron chi connectivity index (χ0n) is 23.9. The molecule has 1 aliphatic rings. The van der Waals surface area contributed by atoms with Crippen LogP contribution in [0.3, 0.4) is 0 Å². The first kappa shape index (κ1) is 31.9. The highest BCUT2D eigenvalue weighted by Crippen LogP contribution is 2.32. The van der Waals surface area contributed by atoms with E-state index in [-0.39, 0.29) is 40.7 Å². The molecule has 0 fully saturated rings. The molecular weight excluding hydrogens is 601 g/mol. The van der Waals surface area contributed by atoms with Crippen molar-refractivity contribution in [2.75, 3.05) is 38.6 Å². The minimum absolute atomic E-state index is 0.0482. The van der Waals surface area contributed by atoms with Gasteiger partial charge in [0.05, 0.1) is 40.3 Å². The molecule has 0 spiro atoms. The molecule has 2 N–H and O–H groups in total. The van der Waals surface area contributed by atoms with Gasteiger partial charge < -0.3 is 19.5 Å². The van der Waals surface area contributed by atoms with Crippen molar-refractivity contribution in [3.8, 4) is 11.5 Å². The van der Waals surface area contributed by atoms with E-state index in [1.807, 2.05) is 26.1 Å². The Balaban J connectivity index is 1.62. The number of fused-ring (bicyclic) bond motifs is 1. The Morgan fingerprint density at radius 2 is 1.83 bits per heavy atom. The van der Waals surface area contributed by atoms with Gasteiger partial charge >= 0.3 is 0 Å².